The van der Waals surface area contributed by atoms with Gasteiger partial charge in [0.1, 0.15) is 6.04 Å². The molecule has 5 nitrogen and oxygen atoms in total. The van der Waals surface area contributed by atoms with Gasteiger partial charge in [-0.2, -0.15) is 0 Å². The molecule has 0 aromatic heterocycles. The number of amides is 2. The zero-order chi connectivity index (χ0) is 12.3. The van der Waals surface area contributed by atoms with E-state index in [1.807, 2.05) is 0 Å². The van der Waals surface area contributed by atoms with Crippen molar-refractivity contribution >= 4 is 11.8 Å². The van der Waals surface area contributed by atoms with E-state index in [4.69, 9.17) is 0 Å². The molecular weight excluding hydrogens is 218 g/mol. The van der Waals surface area contributed by atoms with Crippen LogP contribution in [0.3, 0.4) is 0 Å². The number of piperidine rings is 1. The first-order valence-electron chi connectivity index (χ1n) is 6.47. The fourth-order valence-electron chi connectivity index (χ4n) is 2.77. The van der Waals surface area contributed by atoms with Crippen molar-refractivity contribution in [2.75, 3.05) is 26.7 Å². The van der Waals surface area contributed by atoms with Crippen LogP contribution in [-0.4, -0.2) is 49.4 Å². The Balaban J connectivity index is 1.99. The Bertz CT molecular complexity index is 300. The number of rotatable bonds is 2. The molecule has 0 aromatic rings. The molecule has 2 saturated heterocycles. The maximum Gasteiger partial charge on any atom is 0.242 e. The van der Waals surface area contributed by atoms with Crippen LogP contribution in [0.2, 0.25) is 0 Å². The first-order chi connectivity index (χ1) is 8.24. The van der Waals surface area contributed by atoms with Crippen molar-refractivity contribution in [1.29, 1.82) is 0 Å². The van der Waals surface area contributed by atoms with Crippen LogP contribution >= 0.6 is 0 Å². The summed E-state index contributed by atoms with van der Waals surface area (Å²) in [6.45, 7) is 2.49. The lowest BCUT2D eigenvalue weighted by Crippen LogP contribution is -2.49. The average Bonchev–Trinajstić information content (AvgIpc) is 2.87. The first-order valence-corrected chi connectivity index (χ1v) is 6.47. The minimum atomic E-state index is -0.241. The summed E-state index contributed by atoms with van der Waals surface area (Å²) in [4.78, 5) is 25.8. The maximum absolute atomic E-state index is 12.3. The molecule has 2 heterocycles. The predicted octanol–water partition coefficient (Wildman–Crippen LogP) is -0.277. The molecule has 2 aliphatic heterocycles. The summed E-state index contributed by atoms with van der Waals surface area (Å²) in [7, 11) is 1.63. The van der Waals surface area contributed by atoms with Gasteiger partial charge in [0.05, 0.1) is 5.92 Å². The Labute approximate surface area is 102 Å². The van der Waals surface area contributed by atoms with Gasteiger partial charge in [-0.1, -0.05) is 0 Å². The summed E-state index contributed by atoms with van der Waals surface area (Å²) in [5, 5.41) is 5.90. The van der Waals surface area contributed by atoms with Crippen molar-refractivity contribution in [3.63, 3.8) is 0 Å². The van der Waals surface area contributed by atoms with Gasteiger partial charge in [-0.3, -0.25) is 9.59 Å². The van der Waals surface area contributed by atoms with Gasteiger partial charge in [-0.05, 0) is 32.2 Å². The second-order valence-corrected chi connectivity index (χ2v) is 4.85. The van der Waals surface area contributed by atoms with Gasteiger partial charge in [0.25, 0.3) is 0 Å². The molecule has 0 spiro atoms. The highest BCUT2D eigenvalue weighted by molar-refractivity contribution is 5.89. The van der Waals surface area contributed by atoms with Crippen molar-refractivity contribution in [3.05, 3.63) is 0 Å². The van der Waals surface area contributed by atoms with E-state index < -0.39 is 0 Å². The number of nitrogens with one attached hydrogen (secondary N) is 2. The van der Waals surface area contributed by atoms with E-state index in [0.717, 1.165) is 45.3 Å². The van der Waals surface area contributed by atoms with Crippen molar-refractivity contribution in [1.82, 2.24) is 15.5 Å². The van der Waals surface area contributed by atoms with Crippen molar-refractivity contribution in [2.24, 2.45) is 5.92 Å². The van der Waals surface area contributed by atoms with E-state index in [-0.39, 0.29) is 23.8 Å². The lowest BCUT2D eigenvalue weighted by Gasteiger charge is -2.30. The lowest BCUT2D eigenvalue weighted by molar-refractivity contribution is -0.141. The second kappa shape index (κ2) is 5.49. The second-order valence-electron chi connectivity index (χ2n) is 4.85. The summed E-state index contributed by atoms with van der Waals surface area (Å²) in [5.41, 5.74) is 0. The predicted molar refractivity (Wildman–Crippen MR) is 64.4 cm³/mol. The largest absolute Gasteiger partial charge is 0.357 e. The standard InChI is InChI=1S/C12H21N3O2/c1-13-11(16)10-5-3-7-15(10)12(17)9-4-2-6-14-8-9/h9-10,14H,2-8H2,1H3,(H,13,16). The molecular formula is C12H21N3O2. The number of likely N-dealkylation sites (N-methyl/N-ethyl adjacent to an activating group) is 1. The summed E-state index contributed by atoms with van der Waals surface area (Å²) in [5.74, 6) is 0.192. The third-order valence-electron chi connectivity index (χ3n) is 3.73. The Hall–Kier alpha value is -1.10. The Morgan fingerprint density at radius 3 is 2.76 bits per heavy atom. The fraction of sp³-hybridized carbons (Fsp3) is 0.833. The SMILES string of the molecule is CNC(=O)C1CCCN1C(=O)C1CCCNC1. The highest BCUT2D eigenvalue weighted by Gasteiger charge is 2.36. The molecule has 0 bridgehead atoms. The highest BCUT2D eigenvalue weighted by atomic mass is 16.2. The Kier molecular flexibility index (Phi) is 3.99. The van der Waals surface area contributed by atoms with Crippen LogP contribution in [0, 0.1) is 5.92 Å². The van der Waals surface area contributed by atoms with Crippen LogP contribution in [0.4, 0.5) is 0 Å². The number of likely N-dealkylation sites (tertiary alicyclic amines) is 1. The molecule has 0 saturated carbocycles. The van der Waals surface area contributed by atoms with Gasteiger partial charge in [0.2, 0.25) is 11.8 Å². The molecule has 2 amide bonds. The zero-order valence-electron chi connectivity index (χ0n) is 10.4. The number of hydrogen-bond acceptors (Lipinski definition) is 3. The fourth-order valence-corrected chi connectivity index (χ4v) is 2.77. The number of carbonyl (C=O) groups is 2. The summed E-state index contributed by atoms with van der Waals surface area (Å²) in [6, 6.07) is -0.241. The van der Waals surface area contributed by atoms with Gasteiger partial charge in [0, 0.05) is 20.1 Å². The van der Waals surface area contributed by atoms with Crippen LogP contribution in [0.15, 0.2) is 0 Å². The van der Waals surface area contributed by atoms with Crippen LogP contribution < -0.4 is 10.6 Å². The molecule has 0 aromatic carbocycles. The van der Waals surface area contributed by atoms with Crippen molar-refractivity contribution < 1.29 is 9.59 Å². The van der Waals surface area contributed by atoms with Gasteiger partial charge >= 0.3 is 0 Å². The molecule has 2 aliphatic rings. The molecule has 0 radical (unpaired) electrons. The van der Waals surface area contributed by atoms with E-state index >= 15 is 0 Å². The van der Waals surface area contributed by atoms with E-state index in [0.29, 0.717) is 0 Å². The molecule has 5 heteroatoms. The third kappa shape index (κ3) is 2.60. The molecule has 2 N–H and O–H groups in total. The van der Waals surface area contributed by atoms with Crippen LogP contribution in [0.25, 0.3) is 0 Å². The minimum absolute atomic E-state index is 0.0281. The third-order valence-corrected chi connectivity index (χ3v) is 3.73. The summed E-state index contributed by atoms with van der Waals surface area (Å²) >= 11 is 0. The number of carbonyl (C=O) groups excluding carboxylic acids is 2. The van der Waals surface area contributed by atoms with Gasteiger partial charge in [-0.25, -0.2) is 0 Å². The molecule has 2 unspecified atom stereocenters. The summed E-state index contributed by atoms with van der Waals surface area (Å²) in [6.07, 6.45) is 3.73. The van der Waals surface area contributed by atoms with E-state index in [1.165, 1.54) is 0 Å². The van der Waals surface area contributed by atoms with Crippen LogP contribution in [-0.2, 0) is 9.59 Å². The minimum Gasteiger partial charge on any atom is -0.357 e. The maximum atomic E-state index is 12.3. The molecule has 2 rings (SSSR count). The Morgan fingerprint density at radius 2 is 2.12 bits per heavy atom. The van der Waals surface area contributed by atoms with Gasteiger partial charge < -0.3 is 15.5 Å². The highest BCUT2D eigenvalue weighted by Crippen LogP contribution is 2.22. The smallest absolute Gasteiger partial charge is 0.242 e. The van der Waals surface area contributed by atoms with E-state index in [2.05, 4.69) is 10.6 Å². The Morgan fingerprint density at radius 1 is 1.29 bits per heavy atom. The molecule has 2 atom stereocenters. The van der Waals surface area contributed by atoms with Crippen molar-refractivity contribution in [3.8, 4) is 0 Å². The molecule has 96 valence electrons. The quantitative estimate of drug-likeness (QED) is 0.697. The average molecular weight is 239 g/mol. The van der Waals surface area contributed by atoms with Crippen LogP contribution in [0.1, 0.15) is 25.7 Å². The van der Waals surface area contributed by atoms with E-state index in [9.17, 15) is 9.59 Å². The van der Waals surface area contributed by atoms with Gasteiger partial charge in [-0.15, -0.1) is 0 Å². The molecule has 17 heavy (non-hydrogen) atoms. The topological polar surface area (TPSA) is 61.4 Å². The monoisotopic (exact) mass is 239 g/mol. The van der Waals surface area contributed by atoms with Gasteiger partial charge in [0.15, 0.2) is 0 Å². The normalized spacial score (nSPS) is 29.1. The summed E-state index contributed by atoms with van der Waals surface area (Å²) < 4.78 is 0. The molecule has 2 fully saturated rings. The lowest BCUT2D eigenvalue weighted by atomic mass is 9.97. The van der Waals surface area contributed by atoms with E-state index in [1.54, 1.807) is 11.9 Å². The van der Waals surface area contributed by atoms with Crippen molar-refractivity contribution in [2.45, 2.75) is 31.7 Å². The number of nitrogens with zero attached hydrogens (tertiary/aromatic N) is 1. The molecule has 0 aliphatic carbocycles. The van der Waals surface area contributed by atoms with Crippen LogP contribution in [0.5, 0.6) is 0 Å². The first kappa shape index (κ1) is 12.4. The number of hydrogen-bond donors (Lipinski definition) is 2. The zero-order valence-corrected chi connectivity index (χ0v) is 10.4.